The van der Waals surface area contributed by atoms with Crippen LogP contribution in [0.1, 0.15) is 18.4 Å². The second-order valence-electron chi connectivity index (χ2n) is 5.18. The van der Waals surface area contributed by atoms with E-state index in [1.165, 1.54) is 5.01 Å². The van der Waals surface area contributed by atoms with Crippen LogP contribution in [0.5, 0.6) is 0 Å². The van der Waals surface area contributed by atoms with E-state index in [1.54, 1.807) is 25.2 Å². The van der Waals surface area contributed by atoms with E-state index in [0.29, 0.717) is 18.0 Å². The van der Waals surface area contributed by atoms with Crippen LogP contribution in [-0.2, 0) is 20.9 Å². The van der Waals surface area contributed by atoms with Crippen LogP contribution in [0.15, 0.2) is 24.3 Å². The Morgan fingerprint density at radius 3 is 2.74 bits per heavy atom. The number of nitrogens with one attached hydrogen (secondary N) is 1. The lowest BCUT2D eigenvalue weighted by Gasteiger charge is -2.18. The number of rotatable bonds is 9. The van der Waals surface area contributed by atoms with Gasteiger partial charge in [-0.2, -0.15) is 0 Å². The molecule has 0 saturated heterocycles. The first-order valence-electron chi connectivity index (χ1n) is 7.27. The van der Waals surface area contributed by atoms with Gasteiger partial charge in [-0.1, -0.05) is 29.8 Å². The van der Waals surface area contributed by atoms with Crippen molar-refractivity contribution in [3.63, 3.8) is 0 Å². The third-order valence-corrected chi connectivity index (χ3v) is 3.38. The molecule has 0 spiro atoms. The summed E-state index contributed by atoms with van der Waals surface area (Å²) >= 11 is 5.98. The summed E-state index contributed by atoms with van der Waals surface area (Å²) in [7, 11) is 1.57. The summed E-state index contributed by atoms with van der Waals surface area (Å²) < 4.78 is 5.12. The maximum atomic E-state index is 11.7. The van der Waals surface area contributed by atoms with Crippen LogP contribution < -0.4 is 16.9 Å². The van der Waals surface area contributed by atoms with Gasteiger partial charge in [0.15, 0.2) is 0 Å². The molecule has 1 aromatic carbocycles. The van der Waals surface area contributed by atoms with Crippen LogP contribution in [0.2, 0.25) is 5.02 Å². The van der Waals surface area contributed by atoms with Gasteiger partial charge in [0.2, 0.25) is 5.91 Å². The van der Waals surface area contributed by atoms with Crippen LogP contribution in [0.25, 0.3) is 0 Å². The number of hydrazine groups is 1. The molecule has 5 N–H and O–H groups in total. The van der Waals surface area contributed by atoms with Crippen molar-refractivity contribution >= 4 is 23.5 Å². The third kappa shape index (κ3) is 7.94. The molecule has 0 heterocycles. The average molecular weight is 343 g/mol. The number of benzene rings is 1. The van der Waals surface area contributed by atoms with E-state index in [0.717, 1.165) is 5.56 Å². The molecule has 1 atom stereocenters. The molecule has 0 bridgehead atoms. The first-order chi connectivity index (χ1) is 10.9. The molecule has 7 nitrogen and oxygen atoms in total. The minimum atomic E-state index is -0.473. The lowest BCUT2D eigenvalue weighted by Crippen LogP contribution is -2.44. The fourth-order valence-electron chi connectivity index (χ4n) is 1.87. The van der Waals surface area contributed by atoms with Crippen molar-refractivity contribution in [3.8, 4) is 0 Å². The van der Waals surface area contributed by atoms with Crippen molar-refractivity contribution in [2.24, 2.45) is 11.5 Å². The van der Waals surface area contributed by atoms with E-state index >= 15 is 0 Å². The zero-order valence-corrected chi connectivity index (χ0v) is 13.9. The summed E-state index contributed by atoms with van der Waals surface area (Å²) in [4.78, 5) is 23.4. The van der Waals surface area contributed by atoms with Crippen molar-refractivity contribution in [2.45, 2.75) is 25.5 Å². The second kappa shape index (κ2) is 10.2. The Hall–Kier alpha value is -1.67. The molecular formula is C15H23ClN4O3. The largest absolute Gasteiger partial charge is 0.460 e. The van der Waals surface area contributed by atoms with Crippen LogP contribution in [0.4, 0.5) is 0 Å². The molecule has 0 aliphatic heterocycles. The number of halogens is 1. The van der Waals surface area contributed by atoms with Gasteiger partial charge in [0.25, 0.3) is 0 Å². The highest BCUT2D eigenvalue weighted by molar-refractivity contribution is 6.31. The predicted molar refractivity (Wildman–Crippen MR) is 88.3 cm³/mol. The summed E-state index contributed by atoms with van der Waals surface area (Å²) in [6, 6.07) is 6.82. The zero-order valence-electron chi connectivity index (χ0n) is 13.1. The number of hydrogen-bond acceptors (Lipinski definition) is 6. The highest BCUT2D eigenvalue weighted by Crippen LogP contribution is 2.15. The number of ether oxygens (including phenoxy) is 1. The molecule has 1 aromatic rings. The molecule has 0 aliphatic rings. The van der Waals surface area contributed by atoms with E-state index in [-0.39, 0.29) is 31.5 Å². The summed E-state index contributed by atoms with van der Waals surface area (Å²) in [6.07, 6.45) is 0.715. The van der Waals surface area contributed by atoms with Crippen molar-refractivity contribution in [2.75, 3.05) is 20.1 Å². The van der Waals surface area contributed by atoms with Crippen molar-refractivity contribution < 1.29 is 14.3 Å². The van der Waals surface area contributed by atoms with E-state index in [1.807, 2.05) is 6.07 Å². The lowest BCUT2D eigenvalue weighted by atomic mass is 10.1. The number of nitrogens with two attached hydrogens (primary N) is 2. The number of amides is 1. The Morgan fingerprint density at radius 1 is 1.39 bits per heavy atom. The van der Waals surface area contributed by atoms with Gasteiger partial charge in [-0.05, 0) is 19.0 Å². The van der Waals surface area contributed by atoms with Gasteiger partial charge in [0.1, 0.15) is 13.2 Å². The molecule has 1 amide bonds. The quantitative estimate of drug-likeness (QED) is 0.443. The molecular weight excluding hydrogens is 320 g/mol. The molecule has 23 heavy (non-hydrogen) atoms. The Kier molecular flexibility index (Phi) is 8.57. The van der Waals surface area contributed by atoms with Crippen molar-refractivity contribution in [1.29, 1.82) is 0 Å². The fourth-order valence-corrected chi connectivity index (χ4v) is 2.06. The number of carbonyl (C=O) groups is 2. The molecule has 0 radical (unpaired) electrons. The SMILES string of the molecule is CN(CC(=O)OCc1ccccc1Cl)NC(=O)C[C@@H](N)CCN. The van der Waals surface area contributed by atoms with Gasteiger partial charge >= 0.3 is 5.97 Å². The van der Waals surface area contributed by atoms with Crippen LogP contribution in [0, 0.1) is 0 Å². The first kappa shape index (κ1) is 19.4. The topological polar surface area (TPSA) is 111 Å². The normalized spacial score (nSPS) is 12.0. The molecule has 0 unspecified atom stereocenters. The summed E-state index contributed by atoms with van der Waals surface area (Å²) in [5, 5.41) is 1.89. The molecule has 0 saturated carbocycles. The fraction of sp³-hybridized carbons (Fsp3) is 0.467. The van der Waals surface area contributed by atoms with Gasteiger partial charge in [-0.3, -0.25) is 15.0 Å². The number of hydrogen-bond donors (Lipinski definition) is 3. The highest BCUT2D eigenvalue weighted by atomic mass is 35.5. The van der Waals surface area contributed by atoms with Crippen molar-refractivity contribution in [1.82, 2.24) is 10.4 Å². The van der Waals surface area contributed by atoms with Gasteiger partial charge in [0.05, 0.1) is 0 Å². The maximum absolute atomic E-state index is 11.7. The Labute approximate surface area is 140 Å². The molecule has 1 rings (SSSR count). The number of likely N-dealkylation sites (N-methyl/N-ethyl adjacent to an activating group) is 1. The summed E-state index contributed by atoms with van der Waals surface area (Å²) in [5.41, 5.74) is 14.4. The standard InChI is InChI=1S/C15H23ClN4O3/c1-20(19-14(21)8-12(18)6-7-17)9-15(22)23-10-11-4-2-3-5-13(11)16/h2-5,12H,6-10,17-18H2,1H3,(H,19,21)/t12-/m0/s1. The summed E-state index contributed by atoms with van der Waals surface area (Å²) in [5.74, 6) is -0.744. The van der Waals surface area contributed by atoms with Gasteiger partial charge in [-0.15, -0.1) is 0 Å². The Morgan fingerprint density at radius 2 is 2.09 bits per heavy atom. The molecule has 8 heteroatoms. The van der Waals surface area contributed by atoms with Gasteiger partial charge < -0.3 is 16.2 Å². The molecule has 0 aliphatic carbocycles. The first-order valence-corrected chi connectivity index (χ1v) is 7.65. The number of carbonyl (C=O) groups excluding carboxylic acids is 2. The maximum Gasteiger partial charge on any atom is 0.322 e. The molecule has 0 aromatic heterocycles. The Bertz CT molecular complexity index is 527. The van der Waals surface area contributed by atoms with E-state index in [4.69, 9.17) is 27.8 Å². The number of nitrogens with zero attached hydrogens (tertiary/aromatic N) is 1. The predicted octanol–water partition coefficient (Wildman–Crippen LogP) is 0.412. The smallest absolute Gasteiger partial charge is 0.322 e. The molecule has 128 valence electrons. The molecule has 0 fully saturated rings. The minimum absolute atomic E-state index is 0.0810. The number of esters is 1. The van der Waals surface area contributed by atoms with Gasteiger partial charge in [-0.25, -0.2) is 5.01 Å². The van der Waals surface area contributed by atoms with Crippen molar-refractivity contribution in [3.05, 3.63) is 34.9 Å². The second-order valence-corrected chi connectivity index (χ2v) is 5.59. The van der Waals surface area contributed by atoms with Crippen LogP contribution >= 0.6 is 11.6 Å². The average Bonchev–Trinajstić information content (AvgIpc) is 2.46. The van der Waals surface area contributed by atoms with E-state index in [2.05, 4.69) is 5.43 Å². The lowest BCUT2D eigenvalue weighted by molar-refractivity contribution is -0.147. The minimum Gasteiger partial charge on any atom is -0.460 e. The van der Waals surface area contributed by atoms with Crippen LogP contribution in [-0.4, -0.2) is 43.1 Å². The van der Waals surface area contributed by atoms with E-state index in [9.17, 15) is 9.59 Å². The zero-order chi connectivity index (χ0) is 17.2. The van der Waals surface area contributed by atoms with Gasteiger partial charge in [0, 0.05) is 30.1 Å². The van der Waals surface area contributed by atoms with E-state index < -0.39 is 5.97 Å². The Balaban J connectivity index is 2.30. The monoisotopic (exact) mass is 342 g/mol. The third-order valence-electron chi connectivity index (χ3n) is 3.01. The summed E-state index contributed by atoms with van der Waals surface area (Å²) in [6.45, 7) is 0.433. The van der Waals surface area contributed by atoms with Crippen LogP contribution in [0.3, 0.4) is 0 Å². The highest BCUT2D eigenvalue weighted by Gasteiger charge is 2.13.